The third kappa shape index (κ3) is 7.28. The second-order valence-electron chi connectivity index (χ2n) is 3.92. The molecular formula is C10H18O4Se2. The summed E-state index contributed by atoms with van der Waals surface area (Å²) in [5.41, 5.74) is 0. The molecule has 2 N–H and O–H groups in total. The van der Waals surface area contributed by atoms with Crippen molar-refractivity contribution < 1.29 is 19.8 Å². The van der Waals surface area contributed by atoms with Gasteiger partial charge in [-0.15, -0.1) is 0 Å². The second-order valence-corrected chi connectivity index (χ2v) is 8.17. The fourth-order valence-electron chi connectivity index (χ4n) is 1.58. The molecule has 0 saturated carbocycles. The van der Waals surface area contributed by atoms with Crippen LogP contribution in [0.3, 0.4) is 0 Å². The average Bonchev–Trinajstić information content (AvgIpc) is 2.13. The van der Waals surface area contributed by atoms with E-state index in [0.29, 0.717) is 12.8 Å². The molecule has 16 heavy (non-hydrogen) atoms. The first kappa shape index (κ1) is 16.0. The van der Waals surface area contributed by atoms with Gasteiger partial charge in [-0.05, 0) is 0 Å². The number of carboxylic acid groups (broad SMARTS) is 2. The van der Waals surface area contributed by atoms with Gasteiger partial charge in [0.05, 0.1) is 0 Å². The number of aliphatic carboxylic acids is 2. The van der Waals surface area contributed by atoms with E-state index in [2.05, 4.69) is 32.0 Å². The summed E-state index contributed by atoms with van der Waals surface area (Å²) in [6, 6.07) is 0. The molecule has 0 heterocycles. The van der Waals surface area contributed by atoms with Crippen molar-refractivity contribution in [2.75, 3.05) is 0 Å². The predicted octanol–water partition coefficient (Wildman–Crippen LogP) is 0.516. The van der Waals surface area contributed by atoms with Gasteiger partial charge in [-0.2, -0.15) is 0 Å². The average molecular weight is 360 g/mol. The van der Waals surface area contributed by atoms with Gasteiger partial charge in [0, 0.05) is 0 Å². The molecule has 0 aliphatic carbocycles. The molecule has 0 aromatic carbocycles. The summed E-state index contributed by atoms with van der Waals surface area (Å²) in [6.07, 6.45) is 1.50. The normalized spacial score (nSPS) is 14.8. The summed E-state index contributed by atoms with van der Waals surface area (Å²) in [5.74, 6) is -1.13. The van der Waals surface area contributed by atoms with E-state index in [0.717, 1.165) is 0 Å². The minimum atomic E-state index is -0.795. The molecule has 0 aliphatic rings. The molecular weight excluding hydrogens is 342 g/mol. The van der Waals surface area contributed by atoms with Gasteiger partial charge < -0.3 is 0 Å². The van der Waals surface area contributed by atoms with E-state index in [1.165, 1.54) is 0 Å². The summed E-state index contributed by atoms with van der Waals surface area (Å²) in [7, 11) is 0. The molecule has 6 heteroatoms. The third-order valence-corrected chi connectivity index (χ3v) is 4.23. The Bertz CT molecular complexity index is 243. The van der Waals surface area contributed by atoms with Gasteiger partial charge in [0.2, 0.25) is 0 Å². The molecule has 0 saturated heterocycles. The van der Waals surface area contributed by atoms with E-state index in [1.807, 2.05) is 6.92 Å². The molecule has 0 aliphatic heterocycles. The minimum absolute atomic E-state index is 0.147. The molecule has 0 amide bonds. The monoisotopic (exact) mass is 362 g/mol. The molecule has 94 valence electrons. The van der Waals surface area contributed by atoms with Crippen molar-refractivity contribution in [1.82, 2.24) is 0 Å². The van der Waals surface area contributed by atoms with Crippen molar-refractivity contribution in [1.29, 1.82) is 0 Å². The van der Waals surface area contributed by atoms with Crippen molar-refractivity contribution in [2.24, 2.45) is 11.8 Å². The zero-order valence-corrected chi connectivity index (χ0v) is 12.9. The summed E-state index contributed by atoms with van der Waals surface area (Å²) in [5, 5.41) is 17.2. The van der Waals surface area contributed by atoms with Crippen LogP contribution in [-0.4, -0.2) is 54.2 Å². The predicted molar refractivity (Wildman–Crippen MR) is 64.4 cm³/mol. The summed E-state index contributed by atoms with van der Waals surface area (Å²) in [4.78, 5) is 21.0. The Kier molecular flexibility index (Phi) is 8.12. The van der Waals surface area contributed by atoms with Crippen LogP contribution in [0.4, 0.5) is 0 Å². The molecule has 2 atom stereocenters. The second kappa shape index (κ2) is 8.13. The molecule has 0 radical (unpaired) electrons. The number of hydrogen-bond donors (Lipinski definition) is 2. The van der Waals surface area contributed by atoms with Crippen molar-refractivity contribution in [3.8, 4) is 0 Å². The Balaban J connectivity index is 4.17. The first-order valence-corrected chi connectivity index (χ1v) is 7.31. The molecule has 4 nitrogen and oxygen atoms in total. The van der Waals surface area contributed by atoms with E-state index in [-0.39, 0.29) is 28.4 Å². The van der Waals surface area contributed by atoms with Crippen LogP contribution >= 0.6 is 0 Å². The fourth-order valence-corrected chi connectivity index (χ4v) is 3.44. The van der Waals surface area contributed by atoms with E-state index >= 15 is 0 Å². The molecule has 0 aromatic rings. The van der Waals surface area contributed by atoms with Crippen LogP contribution < -0.4 is 0 Å². The van der Waals surface area contributed by atoms with Crippen LogP contribution in [0.25, 0.3) is 0 Å². The van der Waals surface area contributed by atoms with Crippen molar-refractivity contribution in [3.05, 3.63) is 0 Å². The number of carbonyl (C=O) groups is 2. The van der Waals surface area contributed by atoms with Crippen LogP contribution in [0.2, 0.25) is 3.71 Å². The van der Waals surface area contributed by atoms with E-state index < -0.39 is 11.9 Å². The van der Waals surface area contributed by atoms with E-state index in [1.54, 1.807) is 0 Å². The Morgan fingerprint density at radius 1 is 1.06 bits per heavy atom. The van der Waals surface area contributed by atoms with Crippen LogP contribution in [0.1, 0.15) is 32.6 Å². The summed E-state index contributed by atoms with van der Waals surface area (Å²) in [6.45, 7) is 1.99. The third-order valence-electron chi connectivity index (χ3n) is 2.62. The Morgan fingerprint density at radius 3 is 1.88 bits per heavy atom. The molecule has 0 fully saturated rings. The van der Waals surface area contributed by atoms with Crippen molar-refractivity contribution >= 4 is 44.0 Å². The van der Waals surface area contributed by atoms with Crippen LogP contribution in [-0.2, 0) is 9.59 Å². The van der Waals surface area contributed by atoms with Crippen LogP contribution in [0.5, 0.6) is 0 Å². The van der Waals surface area contributed by atoms with Gasteiger partial charge >= 0.3 is 112 Å². The number of carboxylic acids is 2. The van der Waals surface area contributed by atoms with Crippen LogP contribution in [0.15, 0.2) is 0 Å². The summed E-state index contributed by atoms with van der Waals surface area (Å²) >= 11 is 5.00. The molecule has 0 aromatic heterocycles. The Hall–Kier alpha value is -0.0210. The van der Waals surface area contributed by atoms with Gasteiger partial charge in [-0.3, -0.25) is 0 Å². The van der Waals surface area contributed by atoms with E-state index in [9.17, 15) is 9.59 Å². The molecule has 0 rings (SSSR count). The zero-order chi connectivity index (χ0) is 12.7. The number of hydrogen-bond acceptors (Lipinski definition) is 2. The molecule has 0 spiro atoms. The van der Waals surface area contributed by atoms with E-state index in [4.69, 9.17) is 10.2 Å². The van der Waals surface area contributed by atoms with Gasteiger partial charge in [-0.25, -0.2) is 0 Å². The Labute approximate surface area is 112 Å². The van der Waals surface area contributed by atoms with Gasteiger partial charge in [0.25, 0.3) is 0 Å². The quantitative estimate of drug-likeness (QED) is 0.619. The van der Waals surface area contributed by atoms with Crippen molar-refractivity contribution in [2.45, 2.75) is 36.3 Å². The standard InChI is InChI=1S/C10H18O4Se2/c1-6(2-4-8(11)12)7(10(15)16)3-5-9(13)14/h6-7,10,15-16H,2-5H2,1H3,(H,11,12)(H,13,14). The first-order chi connectivity index (χ1) is 7.34. The topological polar surface area (TPSA) is 74.6 Å². The van der Waals surface area contributed by atoms with Gasteiger partial charge in [-0.1, -0.05) is 0 Å². The fraction of sp³-hybridized carbons (Fsp3) is 0.800. The molecule has 2 unspecified atom stereocenters. The molecule has 0 bridgehead atoms. The van der Waals surface area contributed by atoms with Crippen molar-refractivity contribution in [3.63, 3.8) is 0 Å². The van der Waals surface area contributed by atoms with Gasteiger partial charge in [0.1, 0.15) is 0 Å². The summed E-state index contributed by atoms with van der Waals surface area (Å²) < 4.78 is 0.267. The van der Waals surface area contributed by atoms with Crippen LogP contribution in [0, 0.1) is 11.8 Å². The van der Waals surface area contributed by atoms with Gasteiger partial charge in [0.15, 0.2) is 0 Å². The number of rotatable bonds is 8. The maximum absolute atomic E-state index is 10.5. The first-order valence-electron chi connectivity index (χ1n) is 5.14. The zero-order valence-electron chi connectivity index (χ0n) is 9.17. The SMILES string of the molecule is CC(CCC(=O)O)C(CCC(=O)O)C([SeH])[SeH]. The maximum atomic E-state index is 10.5. The Morgan fingerprint density at radius 2 is 1.50 bits per heavy atom.